The highest BCUT2D eigenvalue weighted by Gasteiger charge is 2.60. The minimum atomic E-state index is -0.706. The highest BCUT2D eigenvalue weighted by Crippen LogP contribution is 2.65. The second kappa shape index (κ2) is 6.41. The average molecular weight is 376 g/mol. The van der Waals surface area contributed by atoms with Crippen LogP contribution < -0.4 is 0 Å². The van der Waals surface area contributed by atoms with Gasteiger partial charge in [0, 0.05) is 11.8 Å². The maximum absolute atomic E-state index is 12.3. The van der Waals surface area contributed by atoms with E-state index in [4.69, 9.17) is 4.84 Å². The fraction of sp³-hybridized carbons (Fsp3) is 0.818. The number of nitrogens with zero attached hydrogens (tertiary/aromatic N) is 1. The molecule has 8 unspecified atom stereocenters. The topological polar surface area (TPSA) is 79.1 Å². The molecular formula is C22H33NO4. The van der Waals surface area contributed by atoms with Crippen molar-refractivity contribution >= 4 is 11.5 Å². The molecule has 0 aromatic rings. The predicted octanol–water partition coefficient (Wildman–Crippen LogP) is 3.10. The Balaban J connectivity index is 1.79. The number of allylic oxidation sites excluding steroid dienone is 2. The van der Waals surface area contributed by atoms with Crippen molar-refractivity contribution in [3.05, 3.63) is 11.6 Å². The summed E-state index contributed by atoms with van der Waals surface area (Å²) < 4.78 is 0. The van der Waals surface area contributed by atoms with Gasteiger partial charge >= 0.3 is 0 Å². The van der Waals surface area contributed by atoms with Crippen LogP contribution in [0.15, 0.2) is 16.8 Å². The van der Waals surface area contributed by atoms with E-state index in [2.05, 4.69) is 25.1 Å². The van der Waals surface area contributed by atoms with E-state index < -0.39 is 12.2 Å². The summed E-state index contributed by atoms with van der Waals surface area (Å²) in [6.07, 6.45) is 6.06. The molecule has 5 nitrogen and oxygen atoms in total. The first-order chi connectivity index (χ1) is 12.7. The maximum atomic E-state index is 12.3. The minimum Gasteiger partial charge on any atom is -0.399 e. The molecule has 3 fully saturated rings. The number of ketones is 1. The molecule has 0 heterocycles. The summed E-state index contributed by atoms with van der Waals surface area (Å²) in [5, 5.41) is 25.1. The van der Waals surface area contributed by atoms with Gasteiger partial charge in [-0.05, 0) is 74.2 Å². The van der Waals surface area contributed by atoms with Crippen LogP contribution in [-0.4, -0.2) is 41.0 Å². The van der Waals surface area contributed by atoms with Crippen molar-refractivity contribution in [3.8, 4) is 0 Å². The van der Waals surface area contributed by atoms with Gasteiger partial charge in [-0.3, -0.25) is 4.79 Å². The molecular weight excluding hydrogens is 342 g/mol. The van der Waals surface area contributed by atoms with Gasteiger partial charge in [-0.25, -0.2) is 0 Å². The highest BCUT2D eigenvalue weighted by atomic mass is 16.6. The molecule has 8 atom stereocenters. The number of oxime groups is 1. The third kappa shape index (κ3) is 2.65. The molecule has 0 saturated heterocycles. The molecule has 0 spiro atoms. The van der Waals surface area contributed by atoms with E-state index in [9.17, 15) is 15.0 Å². The van der Waals surface area contributed by atoms with Crippen LogP contribution in [0, 0.1) is 34.5 Å². The van der Waals surface area contributed by atoms with Crippen molar-refractivity contribution in [3.63, 3.8) is 0 Å². The largest absolute Gasteiger partial charge is 0.399 e. The number of carbonyl (C=O) groups excluding carboxylic acids is 1. The number of fused-ring (bicyclic) bond motifs is 5. The number of aliphatic hydroxyl groups excluding tert-OH is 2. The molecule has 0 radical (unpaired) electrons. The van der Waals surface area contributed by atoms with E-state index in [1.165, 1.54) is 5.57 Å². The second-order valence-corrected chi connectivity index (χ2v) is 9.87. The number of aliphatic hydroxyl groups is 2. The molecule has 0 aliphatic heterocycles. The summed E-state index contributed by atoms with van der Waals surface area (Å²) in [6.45, 7) is 6.30. The summed E-state index contributed by atoms with van der Waals surface area (Å²) in [5.41, 5.74) is 2.20. The average Bonchev–Trinajstić information content (AvgIpc) is 2.95. The van der Waals surface area contributed by atoms with E-state index >= 15 is 0 Å². The lowest BCUT2D eigenvalue weighted by atomic mass is 9.47. The Bertz CT molecular complexity index is 700. The Kier molecular flexibility index (Phi) is 4.54. The minimum absolute atomic E-state index is 0.0301. The molecule has 0 amide bonds. The van der Waals surface area contributed by atoms with Crippen LogP contribution in [0.25, 0.3) is 0 Å². The first-order valence-electron chi connectivity index (χ1n) is 10.4. The quantitative estimate of drug-likeness (QED) is 0.727. The molecule has 27 heavy (non-hydrogen) atoms. The third-order valence-electron chi connectivity index (χ3n) is 8.63. The zero-order chi connectivity index (χ0) is 19.6. The molecule has 150 valence electrons. The van der Waals surface area contributed by atoms with Crippen LogP contribution in [-0.2, 0) is 9.63 Å². The van der Waals surface area contributed by atoms with E-state index in [0.717, 1.165) is 31.4 Å². The fourth-order valence-electron chi connectivity index (χ4n) is 7.28. The summed E-state index contributed by atoms with van der Waals surface area (Å²) in [7, 11) is 1.56. The summed E-state index contributed by atoms with van der Waals surface area (Å²) in [4.78, 5) is 17.4. The Morgan fingerprint density at radius 1 is 1.11 bits per heavy atom. The van der Waals surface area contributed by atoms with Crippen LogP contribution in [0.2, 0.25) is 0 Å². The monoisotopic (exact) mass is 375 g/mol. The summed E-state index contributed by atoms with van der Waals surface area (Å²) in [6, 6.07) is 0. The van der Waals surface area contributed by atoms with Crippen molar-refractivity contribution in [2.45, 2.75) is 71.5 Å². The van der Waals surface area contributed by atoms with Gasteiger partial charge in [0.25, 0.3) is 0 Å². The van der Waals surface area contributed by atoms with E-state index in [1.54, 1.807) is 14.0 Å². The van der Waals surface area contributed by atoms with Gasteiger partial charge in [0.1, 0.15) is 12.9 Å². The van der Waals surface area contributed by atoms with Crippen LogP contribution >= 0.6 is 0 Å². The molecule has 0 aromatic carbocycles. The second-order valence-electron chi connectivity index (χ2n) is 9.87. The predicted molar refractivity (Wildman–Crippen MR) is 103 cm³/mol. The zero-order valence-corrected chi connectivity index (χ0v) is 16.9. The number of hydrogen-bond acceptors (Lipinski definition) is 5. The molecule has 4 aliphatic rings. The van der Waals surface area contributed by atoms with E-state index in [-0.39, 0.29) is 22.7 Å². The molecule has 0 aromatic heterocycles. The lowest BCUT2D eigenvalue weighted by Gasteiger charge is -2.57. The Hall–Kier alpha value is -1.20. The normalized spacial score (nSPS) is 50.4. The number of carbonyl (C=O) groups is 1. The third-order valence-corrected chi connectivity index (χ3v) is 8.63. The summed E-state index contributed by atoms with van der Waals surface area (Å²) in [5.74, 6) is 1.34. The first kappa shape index (κ1) is 19.1. The van der Waals surface area contributed by atoms with Crippen LogP contribution in [0.1, 0.15) is 59.3 Å². The van der Waals surface area contributed by atoms with Gasteiger partial charge in [-0.1, -0.05) is 24.6 Å². The van der Waals surface area contributed by atoms with Crippen molar-refractivity contribution in [2.24, 2.45) is 39.7 Å². The maximum Gasteiger partial charge on any atom is 0.133 e. The Morgan fingerprint density at radius 2 is 1.81 bits per heavy atom. The molecule has 4 rings (SSSR count). The molecule has 3 saturated carbocycles. The van der Waals surface area contributed by atoms with Gasteiger partial charge in [0.15, 0.2) is 0 Å². The smallest absolute Gasteiger partial charge is 0.133 e. The molecule has 2 N–H and O–H groups in total. The Labute approximate surface area is 161 Å². The van der Waals surface area contributed by atoms with Gasteiger partial charge < -0.3 is 15.1 Å². The van der Waals surface area contributed by atoms with Gasteiger partial charge in [0.2, 0.25) is 0 Å². The van der Waals surface area contributed by atoms with Gasteiger partial charge in [-0.2, -0.15) is 0 Å². The van der Waals surface area contributed by atoms with Gasteiger partial charge in [0.05, 0.1) is 17.9 Å². The van der Waals surface area contributed by atoms with Crippen LogP contribution in [0.4, 0.5) is 0 Å². The molecule has 4 aliphatic carbocycles. The fourth-order valence-corrected chi connectivity index (χ4v) is 7.28. The van der Waals surface area contributed by atoms with Crippen molar-refractivity contribution < 1.29 is 19.8 Å². The number of hydrogen-bond donors (Lipinski definition) is 2. The van der Waals surface area contributed by atoms with E-state index in [1.807, 2.05) is 0 Å². The van der Waals surface area contributed by atoms with E-state index in [0.29, 0.717) is 30.5 Å². The lowest BCUT2D eigenvalue weighted by Crippen LogP contribution is -2.56. The van der Waals surface area contributed by atoms with Crippen LogP contribution in [0.3, 0.4) is 0 Å². The SMILES string of the molecule is CO/N=C1/C=C2C3CCC(C(C)=O)C3(C)CCC2C2(C)CC(O)C(O)CC12. The molecule has 5 heteroatoms. The summed E-state index contributed by atoms with van der Waals surface area (Å²) >= 11 is 0. The van der Waals surface area contributed by atoms with Gasteiger partial charge in [-0.15, -0.1) is 0 Å². The first-order valence-corrected chi connectivity index (χ1v) is 10.4. The zero-order valence-electron chi connectivity index (χ0n) is 16.9. The number of rotatable bonds is 2. The van der Waals surface area contributed by atoms with Crippen LogP contribution in [0.5, 0.6) is 0 Å². The molecule has 0 bridgehead atoms. The van der Waals surface area contributed by atoms with Crippen molar-refractivity contribution in [1.29, 1.82) is 0 Å². The Morgan fingerprint density at radius 3 is 2.48 bits per heavy atom. The van der Waals surface area contributed by atoms with Crippen molar-refractivity contribution in [1.82, 2.24) is 0 Å². The standard InChI is InChI=1S/C22H33NO4/c1-12(24)14-5-6-15-13-9-18(23-27-4)17-10-19(25)20(26)11-22(17,3)16(13)7-8-21(14,15)2/h9,14-17,19-20,25-26H,5-8,10-11H2,1-4H3/b23-18-. The lowest BCUT2D eigenvalue weighted by molar-refractivity contribution is -0.125. The van der Waals surface area contributed by atoms with Crippen molar-refractivity contribution in [2.75, 3.05) is 7.11 Å². The highest BCUT2D eigenvalue weighted by molar-refractivity contribution is 5.99. The number of Topliss-reactive ketones (excluding diaryl/α,β-unsaturated/α-hetero) is 1.